The van der Waals surface area contributed by atoms with Crippen LogP contribution >= 0.6 is 0 Å². The molecule has 0 amide bonds. The molecular weight excluding hydrogens is 178 g/mol. The van der Waals surface area contributed by atoms with Crippen LogP contribution < -0.4 is 0 Å². The van der Waals surface area contributed by atoms with Gasteiger partial charge in [-0.2, -0.15) is 5.26 Å². The molecule has 0 fully saturated rings. The van der Waals surface area contributed by atoms with Crippen molar-refractivity contribution in [3.05, 3.63) is 35.9 Å². The zero-order valence-electron chi connectivity index (χ0n) is 7.23. The van der Waals surface area contributed by atoms with Gasteiger partial charge in [-0.1, -0.05) is 30.3 Å². The quantitative estimate of drug-likeness (QED) is 0.678. The van der Waals surface area contributed by atoms with Crippen LogP contribution in [0.5, 0.6) is 0 Å². The Morgan fingerprint density at radius 3 is 2.62 bits per heavy atom. The van der Waals surface area contributed by atoms with Gasteiger partial charge in [0.1, 0.15) is 0 Å². The van der Waals surface area contributed by atoms with E-state index in [2.05, 4.69) is 16.6 Å². The van der Waals surface area contributed by atoms with Crippen LogP contribution in [0.15, 0.2) is 30.3 Å². The molecule has 0 saturated carbocycles. The molecule has 0 spiro atoms. The fourth-order valence-electron chi connectivity index (χ4n) is 1.16. The minimum absolute atomic E-state index is 0.0301. The van der Waals surface area contributed by atoms with E-state index in [1.807, 2.05) is 30.3 Å². The molecule has 1 atom stereocenters. The molecule has 0 saturated heterocycles. The highest BCUT2D eigenvalue weighted by molar-refractivity contribution is 5.98. The van der Waals surface area contributed by atoms with Crippen molar-refractivity contribution in [3.63, 3.8) is 0 Å². The molecule has 3 radical (unpaired) electrons. The average molecular weight is 188 g/mol. The van der Waals surface area contributed by atoms with Crippen molar-refractivity contribution in [1.82, 2.24) is 0 Å². The summed E-state index contributed by atoms with van der Waals surface area (Å²) in [4.78, 5) is 0. The molecule has 3 heteroatoms. The standard InChI is InChI=1S/C10H10NOSi/c11-8-4-7-10(12-13)9-5-2-1-3-6-9/h1-3,5-6,10H,4,7H2. The summed E-state index contributed by atoms with van der Waals surface area (Å²) in [5.41, 5.74) is 1.09. The molecule has 1 aromatic carbocycles. The molecule has 0 aliphatic heterocycles. The molecule has 65 valence electrons. The van der Waals surface area contributed by atoms with E-state index < -0.39 is 0 Å². The van der Waals surface area contributed by atoms with Crippen LogP contribution in [0.2, 0.25) is 0 Å². The summed E-state index contributed by atoms with van der Waals surface area (Å²) >= 11 is 0. The minimum atomic E-state index is -0.0301. The fraction of sp³-hybridized carbons (Fsp3) is 0.300. The summed E-state index contributed by atoms with van der Waals surface area (Å²) in [6.45, 7) is 0. The lowest BCUT2D eigenvalue weighted by Gasteiger charge is -2.13. The highest BCUT2D eigenvalue weighted by atomic mass is 28.2. The number of nitriles is 1. The first-order chi connectivity index (χ1) is 6.38. The van der Waals surface area contributed by atoms with Gasteiger partial charge < -0.3 is 4.43 Å². The maximum absolute atomic E-state index is 8.44. The van der Waals surface area contributed by atoms with Gasteiger partial charge in [0.05, 0.1) is 12.2 Å². The third-order valence-corrected chi connectivity index (χ3v) is 2.12. The summed E-state index contributed by atoms with van der Waals surface area (Å²) in [6, 6.07) is 12.0. The van der Waals surface area contributed by atoms with E-state index in [0.29, 0.717) is 12.8 Å². The summed E-state index contributed by atoms with van der Waals surface area (Å²) < 4.78 is 5.09. The maximum atomic E-state index is 8.44. The van der Waals surface area contributed by atoms with E-state index in [1.165, 1.54) is 0 Å². The molecule has 0 aliphatic rings. The predicted octanol–water partition coefficient (Wildman–Crippen LogP) is 2.13. The summed E-state index contributed by atoms with van der Waals surface area (Å²) in [7, 11) is 3.02. The second kappa shape index (κ2) is 5.52. The Kier molecular flexibility index (Phi) is 4.23. The van der Waals surface area contributed by atoms with Crippen LogP contribution in [0.3, 0.4) is 0 Å². The Morgan fingerprint density at radius 2 is 2.08 bits per heavy atom. The molecule has 0 aromatic heterocycles. The summed E-state index contributed by atoms with van der Waals surface area (Å²) in [5.74, 6) is 0. The van der Waals surface area contributed by atoms with Crippen molar-refractivity contribution in [2.45, 2.75) is 18.9 Å². The molecule has 1 aromatic rings. The van der Waals surface area contributed by atoms with Crippen LogP contribution in [0.4, 0.5) is 0 Å². The normalized spacial score (nSPS) is 12.0. The van der Waals surface area contributed by atoms with Crippen molar-refractivity contribution >= 4 is 10.5 Å². The number of rotatable bonds is 4. The first-order valence-electron chi connectivity index (χ1n) is 4.12. The van der Waals surface area contributed by atoms with Crippen LogP contribution in [-0.4, -0.2) is 10.5 Å². The molecule has 2 nitrogen and oxygen atoms in total. The van der Waals surface area contributed by atoms with Gasteiger partial charge in [0.25, 0.3) is 0 Å². The van der Waals surface area contributed by atoms with Crippen LogP contribution in [0.25, 0.3) is 0 Å². The van der Waals surface area contributed by atoms with Crippen molar-refractivity contribution in [2.24, 2.45) is 0 Å². The number of benzene rings is 1. The third-order valence-electron chi connectivity index (χ3n) is 1.83. The van der Waals surface area contributed by atoms with Gasteiger partial charge in [0.15, 0.2) is 0 Å². The van der Waals surface area contributed by atoms with E-state index >= 15 is 0 Å². The zero-order chi connectivity index (χ0) is 9.52. The Hall–Kier alpha value is -1.11. The van der Waals surface area contributed by atoms with Gasteiger partial charge in [0, 0.05) is 6.42 Å². The van der Waals surface area contributed by atoms with Crippen molar-refractivity contribution < 1.29 is 4.43 Å². The largest absolute Gasteiger partial charge is 0.412 e. The van der Waals surface area contributed by atoms with E-state index in [1.54, 1.807) is 0 Å². The smallest absolute Gasteiger partial charge is 0.247 e. The van der Waals surface area contributed by atoms with Gasteiger partial charge in [0.2, 0.25) is 10.5 Å². The highest BCUT2D eigenvalue weighted by Gasteiger charge is 2.07. The monoisotopic (exact) mass is 188 g/mol. The minimum Gasteiger partial charge on any atom is -0.412 e. The Morgan fingerprint density at radius 1 is 1.38 bits per heavy atom. The molecule has 13 heavy (non-hydrogen) atoms. The third kappa shape index (κ3) is 3.02. The molecule has 0 N–H and O–H groups in total. The second-order valence-corrected chi connectivity index (χ2v) is 2.95. The van der Waals surface area contributed by atoms with Gasteiger partial charge in [-0.15, -0.1) is 0 Å². The van der Waals surface area contributed by atoms with Crippen LogP contribution in [-0.2, 0) is 4.43 Å². The van der Waals surface area contributed by atoms with Gasteiger partial charge in [-0.05, 0) is 12.0 Å². The lowest BCUT2D eigenvalue weighted by Crippen LogP contribution is -2.01. The van der Waals surface area contributed by atoms with E-state index in [9.17, 15) is 0 Å². The SMILES string of the molecule is N#CCCC(O[Si])c1ccccc1. The molecular formula is C10H10NOSi. The van der Waals surface area contributed by atoms with Crippen LogP contribution in [0.1, 0.15) is 24.5 Å². The summed E-state index contributed by atoms with van der Waals surface area (Å²) in [5, 5.41) is 8.44. The van der Waals surface area contributed by atoms with Gasteiger partial charge in [-0.3, -0.25) is 0 Å². The van der Waals surface area contributed by atoms with Crippen molar-refractivity contribution in [2.75, 3.05) is 0 Å². The first kappa shape index (κ1) is 9.97. The average Bonchev–Trinajstić information content (AvgIpc) is 2.21. The second-order valence-electron chi connectivity index (χ2n) is 2.71. The van der Waals surface area contributed by atoms with Crippen LogP contribution in [0, 0.1) is 11.3 Å². The Bertz CT molecular complexity index is 281. The van der Waals surface area contributed by atoms with Gasteiger partial charge in [-0.25, -0.2) is 0 Å². The highest BCUT2D eigenvalue weighted by Crippen LogP contribution is 2.20. The first-order valence-corrected chi connectivity index (χ1v) is 4.53. The molecule has 0 bridgehead atoms. The lowest BCUT2D eigenvalue weighted by atomic mass is 10.1. The van der Waals surface area contributed by atoms with Crippen molar-refractivity contribution in [3.8, 4) is 6.07 Å². The predicted molar refractivity (Wildman–Crippen MR) is 50.9 cm³/mol. The summed E-state index contributed by atoms with van der Waals surface area (Å²) in [6.07, 6.45) is 1.19. The Balaban J connectivity index is 2.63. The fourth-order valence-corrected chi connectivity index (χ4v) is 1.41. The Labute approximate surface area is 81.7 Å². The number of hydrogen-bond acceptors (Lipinski definition) is 2. The zero-order valence-corrected chi connectivity index (χ0v) is 8.23. The molecule has 1 unspecified atom stereocenters. The number of nitrogens with zero attached hydrogens (tertiary/aromatic N) is 1. The maximum Gasteiger partial charge on any atom is 0.247 e. The molecule has 0 aliphatic carbocycles. The number of hydrogen-bond donors (Lipinski definition) is 0. The lowest BCUT2D eigenvalue weighted by molar-refractivity contribution is 0.217. The van der Waals surface area contributed by atoms with E-state index in [0.717, 1.165) is 5.56 Å². The van der Waals surface area contributed by atoms with E-state index in [-0.39, 0.29) is 6.10 Å². The topological polar surface area (TPSA) is 33.0 Å². The molecule has 1 rings (SSSR count). The van der Waals surface area contributed by atoms with Gasteiger partial charge >= 0.3 is 0 Å². The van der Waals surface area contributed by atoms with Crippen molar-refractivity contribution in [1.29, 1.82) is 5.26 Å². The van der Waals surface area contributed by atoms with E-state index in [4.69, 9.17) is 9.69 Å². The molecule has 0 heterocycles.